The smallest absolute Gasteiger partial charge is 0.303 e. The molecule has 1 aliphatic rings. The van der Waals surface area contributed by atoms with Crippen LogP contribution in [0.1, 0.15) is 24.0 Å². The Balaban J connectivity index is 2.35. The van der Waals surface area contributed by atoms with Crippen LogP contribution in [-0.2, 0) is 11.2 Å². The summed E-state index contributed by atoms with van der Waals surface area (Å²) in [4.78, 5) is 10.6. The fourth-order valence-electron chi connectivity index (χ4n) is 2.01. The van der Waals surface area contributed by atoms with Gasteiger partial charge in [-0.2, -0.15) is 0 Å². The molecule has 4 nitrogen and oxygen atoms in total. The van der Waals surface area contributed by atoms with Gasteiger partial charge in [-0.1, -0.05) is 11.6 Å². The lowest BCUT2D eigenvalue weighted by Crippen LogP contribution is -2.03. The van der Waals surface area contributed by atoms with E-state index in [-0.39, 0.29) is 6.42 Å². The third-order valence-electron chi connectivity index (χ3n) is 2.94. The summed E-state index contributed by atoms with van der Waals surface area (Å²) in [7, 11) is 0. The van der Waals surface area contributed by atoms with Crippen molar-refractivity contribution in [3.05, 3.63) is 22.2 Å². The molecule has 1 aliphatic heterocycles. The van der Waals surface area contributed by atoms with Crippen molar-refractivity contribution in [1.82, 2.24) is 0 Å². The molecule has 0 atom stereocenters. The van der Waals surface area contributed by atoms with Crippen LogP contribution in [0.3, 0.4) is 0 Å². The van der Waals surface area contributed by atoms with E-state index in [4.69, 9.17) is 26.2 Å². The van der Waals surface area contributed by atoms with Gasteiger partial charge in [-0.3, -0.25) is 4.79 Å². The van der Waals surface area contributed by atoms with Crippen LogP contribution in [0.25, 0.3) is 0 Å². The minimum absolute atomic E-state index is 0.0558. The number of hydrogen-bond acceptors (Lipinski definition) is 3. The molecular formula is C13H15ClO4. The largest absolute Gasteiger partial charge is 0.489 e. The molecule has 0 amide bonds. The average molecular weight is 271 g/mol. The number of carboxylic acids is 1. The number of fused-ring (bicyclic) bond motifs is 1. The first kappa shape index (κ1) is 13.0. The number of halogens is 1. The van der Waals surface area contributed by atoms with Crippen LogP contribution >= 0.6 is 11.6 Å². The summed E-state index contributed by atoms with van der Waals surface area (Å²) in [6, 6.07) is 1.71. The molecule has 0 unspecified atom stereocenters. The molecule has 0 spiro atoms. The van der Waals surface area contributed by atoms with Gasteiger partial charge in [0.15, 0.2) is 11.5 Å². The molecule has 0 aliphatic carbocycles. The number of benzene rings is 1. The van der Waals surface area contributed by atoms with Gasteiger partial charge in [0.05, 0.1) is 13.2 Å². The molecule has 1 aromatic rings. The van der Waals surface area contributed by atoms with Crippen molar-refractivity contribution in [2.75, 3.05) is 13.2 Å². The first-order valence-electron chi connectivity index (χ1n) is 5.89. The van der Waals surface area contributed by atoms with E-state index in [1.54, 1.807) is 6.07 Å². The molecule has 0 bridgehead atoms. The highest BCUT2D eigenvalue weighted by Crippen LogP contribution is 2.39. The van der Waals surface area contributed by atoms with E-state index in [1.807, 2.05) is 6.92 Å². The molecule has 0 fully saturated rings. The first-order valence-corrected chi connectivity index (χ1v) is 6.26. The third-order valence-corrected chi connectivity index (χ3v) is 3.28. The second-order valence-electron chi connectivity index (χ2n) is 4.23. The molecule has 5 heteroatoms. The second-order valence-corrected chi connectivity index (χ2v) is 4.64. The van der Waals surface area contributed by atoms with E-state index in [0.717, 1.165) is 17.5 Å². The predicted molar refractivity (Wildman–Crippen MR) is 67.8 cm³/mol. The Kier molecular flexibility index (Phi) is 3.97. The monoisotopic (exact) mass is 270 g/mol. The minimum Gasteiger partial charge on any atom is -0.489 e. The SMILES string of the molecule is Cc1c(CCC(=O)O)c(Cl)cc2c1OCCCO2. The lowest BCUT2D eigenvalue weighted by Gasteiger charge is -2.15. The van der Waals surface area contributed by atoms with Crippen LogP contribution in [0.2, 0.25) is 5.02 Å². The Bertz CT molecular complexity index is 471. The van der Waals surface area contributed by atoms with Crippen LogP contribution in [0.5, 0.6) is 11.5 Å². The Hall–Kier alpha value is -1.42. The number of ether oxygens (including phenoxy) is 2. The third kappa shape index (κ3) is 2.70. The van der Waals surface area contributed by atoms with E-state index in [9.17, 15) is 4.79 Å². The van der Waals surface area contributed by atoms with Crippen LogP contribution in [0, 0.1) is 6.92 Å². The molecular weight excluding hydrogens is 256 g/mol. The highest BCUT2D eigenvalue weighted by Gasteiger charge is 2.19. The van der Waals surface area contributed by atoms with Crippen LogP contribution in [0.15, 0.2) is 6.07 Å². The van der Waals surface area contributed by atoms with Crippen LogP contribution in [-0.4, -0.2) is 24.3 Å². The fourth-order valence-corrected chi connectivity index (χ4v) is 2.34. The molecule has 0 saturated carbocycles. The van der Waals surface area contributed by atoms with Gasteiger partial charge in [0.1, 0.15) is 0 Å². The molecule has 0 saturated heterocycles. The van der Waals surface area contributed by atoms with Crippen molar-refractivity contribution < 1.29 is 19.4 Å². The van der Waals surface area contributed by atoms with E-state index < -0.39 is 5.97 Å². The van der Waals surface area contributed by atoms with Crippen molar-refractivity contribution in [3.8, 4) is 11.5 Å². The standard InChI is InChI=1S/C13H15ClO4/c1-8-9(3-4-12(15)16)10(14)7-11-13(8)18-6-2-5-17-11/h7H,2-6H2,1H3,(H,15,16). The number of carbonyl (C=O) groups is 1. The average Bonchev–Trinajstić information content (AvgIpc) is 2.53. The molecule has 0 radical (unpaired) electrons. The predicted octanol–water partition coefficient (Wildman–Crippen LogP) is 2.83. The molecule has 2 rings (SSSR count). The minimum atomic E-state index is -0.836. The van der Waals surface area contributed by atoms with Crippen LogP contribution < -0.4 is 9.47 Å². The van der Waals surface area contributed by atoms with Crippen molar-refractivity contribution in [3.63, 3.8) is 0 Å². The Morgan fingerprint density at radius 3 is 2.89 bits per heavy atom. The van der Waals surface area contributed by atoms with Gasteiger partial charge in [-0.15, -0.1) is 0 Å². The maximum Gasteiger partial charge on any atom is 0.303 e. The van der Waals surface area contributed by atoms with Gasteiger partial charge in [-0.25, -0.2) is 0 Å². The summed E-state index contributed by atoms with van der Waals surface area (Å²) < 4.78 is 11.2. The zero-order valence-corrected chi connectivity index (χ0v) is 10.9. The number of carboxylic acid groups (broad SMARTS) is 1. The maximum atomic E-state index is 10.6. The topological polar surface area (TPSA) is 55.8 Å². The molecule has 18 heavy (non-hydrogen) atoms. The lowest BCUT2D eigenvalue weighted by molar-refractivity contribution is -0.136. The number of rotatable bonds is 3. The summed E-state index contributed by atoms with van der Waals surface area (Å²) in [5.74, 6) is 0.504. The Labute approximate surface area is 110 Å². The zero-order chi connectivity index (χ0) is 13.1. The van der Waals surface area contributed by atoms with E-state index >= 15 is 0 Å². The summed E-state index contributed by atoms with van der Waals surface area (Å²) in [6.45, 7) is 3.10. The van der Waals surface area contributed by atoms with Gasteiger partial charge in [0.25, 0.3) is 0 Å². The fraction of sp³-hybridized carbons (Fsp3) is 0.462. The van der Waals surface area contributed by atoms with Crippen molar-refractivity contribution >= 4 is 17.6 Å². The Morgan fingerprint density at radius 2 is 2.17 bits per heavy atom. The lowest BCUT2D eigenvalue weighted by atomic mass is 10.0. The van der Waals surface area contributed by atoms with Gasteiger partial charge in [0, 0.05) is 23.9 Å². The molecule has 1 aromatic carbocycles. The van der Waals surface area contributed by atoms with Crippen molar-refractivity contribution in [1.29, 1.82) is 0 Å². The van der Waals surface area contributed by atoms with E-state index in [0.29, 0.717) is 36.2 Å². The number of hydrogen-bond donors (Lipinski definition) is 1. The van der Waals surface area contributed by atoms with Gasteiger partial charge < -0.3 is 14.6 Å². The maximum absolute atomic E-state index is 10.6. The van der Waals surface area contributed by atoms with Crippen molar-refractivity contribution in [2.45, 2.75) is 26.2 Å². The zero-order valence-electron chi connectivity index (χ0n) is 10.2. The normalized spacial score (nSPS) is 14.1. The highest BCUT2D eigenvalue weighted by molar-refractivity contribution is 6.31. The summed E-state index contributed by atoms with van der Waals surface area (Å²) in [5.41, 5.74) is 1.70. The summed E-state index contributed by atoms with van der Waals surface area (Å²) >= 11 is 6.17. The first-order chi connectivity index (χ1) is 8.59. The Morgan fingerprint density at radius 1 is 1.44 bits per heavy atom. The quantitative estimate of drug-likeness (QED) is 0.918. The molecule has 1 heterocycles. The molecule has 98 valence electrons. The summed E-state index contributed by atoms with van der Waals surface area (Å²) in [6.07, 6.45) is 1.28. The van der Waals surface area contributed by atoms with E-state index in [2.05, 4.69) is 0 Å². The number of aliphatic carboxylic acids is 1. The van der Waals surface area contributed by atoms with Crippen molar-refractivity contribution in [2.24, 2.45) is 0 Å². The van der Waals surface area contributed by atoms with Gasteiger partial charge in [0.2, 0.25) is 0 Å². The highest BCUT2D eigenvalue weighted by atomic mass is 35.5. The summed E-state index contributed by atoms with van der Waals surface area (Å²) in [5, 5.41) is 9.28. The molecule has 1 N–H and O–H groups in total. The second kappa shape index (κ2) is 5.48. The van der Waals surface area contributed by atoms with E-state index in [1.165, 1.54) is 0 Å². The van der Waals surface area contributed by atoms with Gasteiger partial charge in [-0.05, 0) is 24.5 Å². The van der Waals surface area contributed by atoms with Gasteiger partial charge >= 0.3 is 5.97 Å². The van der Waals surface area contributed by atoms with Crippen LogP contribution in [0.4, 0.5) is 0 Å². The molecule has 0 aromatic heterocycles.